The monoisotopic (exact) mass is 319 g/mol. The maximum atomic E-state index is 14.0. The van der Waals surface area contributed by atoms with Crippen molar-refractivity contribution in [3.8, 4) is 6.07 Å². The fourth-order valence-electron chi connectivity index (χ4n) is 2.30. The molecule has 0 saturated carbocycles. The third-order valence-corrected chi connectivity index (χ3v) is 3.53. The summed E-state index contributed by atoms with van der Waals surface area (Å²) in [6.07, 6.45) is -1.08. The number of benzene rings is 2. The second-order valence-electron chi connectivity index (χ2n) is 4.71. The van der Waals surface area contributed by atoms with E-state index in [1.54, 1.807) is 18.2 Å². The van der Waals surface area contributed by atoms with E-state index in [4.69, 9.17) is 16.9 Å². The molecule has 2 N–H and O–H groups in total. The highest BCUT2D eigenvalue weighted by Crippen LogP contribution is 2.31. The zero-order valence-corrected chi connectivity index (χ0v) is 11.7. The third kappa shape index (κ3) is 2.36. The van der Waals surface area contributed by atoms with Crippen LogP contribution in [0.4, 0.5) is 14.5 Å². The van der Waals surface area contributed by atoms with Gasteiger partial charge in [0.2, 0.25) is 0 Å². The fourth-order valence-corrected chi connectivity index (χ4v) is 2.47. The fraction of sp³-hybridized carbons (Fsp3) is 0.0667. The van der Waals surface area contributed by atoms with Crippen LogP contribution in [-0.2, 0) is 0 Å². The molecule has 2 aromatic carbocycles. The van der Waals surface area contributed by atoms with Crippen LogP contribution in [0.3, 0.4) is 0 Å². The van der Waals surface area contributed by atoms with E-state index in [0.29, 0.717) is 16.3 Å². The molecular weight excluding hydrogens is 312 g/mol. The van der Waals surface area contributed by atoms with E-state index < -0.39 is 23.7 Å². The summed E-state index contributed by atoms with van der Waals surface area (Å²) in [5, 5.41) is 14.4. The molecule has 0 aromatic heterocycles. The molecule has 4 nitrogen and oxygen atoms in total. The highest BCUT2D eigenvalue weighted by molar-refractivity contribution is 6.31. The molecule has 110 valence electrons. The summed E-state index contributed by atoms with van der Waals surface area (Å²) >= 11 is 5.82. The van der Waals surface area contributed by atoms with Crippen LogP contribution in [0.25, 0.3) is 0 Å². The maximum absolute atomic E-state index is 14.0. The largest absolute Gasteiger partial charge is 0.361 e. The van der Waals surface area contributed by atoms with Crippen LogP contribution in [-0.4, -0.2) is 5.91 Å². The second-order valence-corrected chi connectivity index (χ2v) is 5.14. The lowest BCUT2D eigenvalue weighted by Gasteiger charge is -2.28. The molecule has 0 saturated heterocycles. The van der Waals surface area contributed by atoms with E-state index in [-0.39, 0.29) is 11.1 Å². The summed E-state index contributed by atoms with van der Waals surface area (Å²) in [6.45, 7) is 0. The number of carbonyl (C=O) groups excluding carboxylic acids is 1. The van der Waals surface area contributed by atoms with E-state index in [0.717, 1.165) is 12.1 Å². The number of nitrogens with zero attached hydrogens (tertiary/aromatic N) is 1. The highest BCUT2D eigenvalue weighted by atomic mass is 35.5. The minimum atomic E-state index is -1.08. The molecule has 1 atom stereocenters. The number of nitriles is 1. The normalized spacial score (nSPS) is 16.3. The predicted molar refractivity (Wildman–Crippen MR) is 76.4 cm³/mol. The highest BCUT2D eigenvalue weighted by Gasteiger charge is 2.29. The molecule has 1 heterocycles. The number of nitrogens with one attached hydrogen (secondary N) is 2. The first-order chi connectivity index (χ1) is 10.5. The second kappa shape index (κ2) is 5.28. The van der Waals surface area contributed by atoms with Gasteiger partial charge in [0.15, 0.2) is 0 Å². The zero-order valence-electron chi connectivity index (χ0n) is 11.0. The van der Waals surface area contributed by atoms with Gasteiger partial charge in [0.1, 0.15) is 17.8 Å². The first kappa shape index (κ1) is 14.3. The third-order valence-electron chi connectivity index (χ3n) is 3.30. The van der Waals surface area contributed by atoms with Crippen LogP contribution in [0, 0.1) is 23.0 Å². The lowest BCUT2D eigenvalue weighted by Crippen LogP contribution is -2.39. The van der Waals surface area contributed by atoms with Crippen LogP contribution in [0.5, 0.6) is 0 Å². The Hall–Kier alpha value is -2.65. The van der Waals surface area contributed by atoms with Crippen molar-refractivity contribution in [2.75, 3.05) is 5.32 Å². The van der Waals surface area contributed by atoms with Gasteiger partial charge in [-0.2, -0.15) is 5.26 Å². The molecule has 0 unspecified atom stereocenters. The lowest BCUT2D eigenvalue weighted by molar-refractivity contribution is 0.0934. The lowest BCUT2D eigenvalue weighted by atomic mass is 10.0. The molecule has 0 aliphatic carbocycles. The average Bonchev–Trinajstić information content (AvgIpc) is 2.47. The summed E-state index contributed by atoms with van der Waals surface area (Å²) in [5.41, 5.74) is 0.223. The molecule has 1 amide bonds. The molecule has 0 spiro atoms. The van der Waals surface area contributed by atoms with E-state index >= 15 is 0 Å². The van der Waals surface area contributed by atoms with E-state index in [1.807, 2.05) is 0 Å². The van der Waals surface area contributed by atoms with Crippen molar-refractivity contribution in [2.45, 2.75) is 6.17 Å². The van der Waals surface area contributed by atoms with E-state index in [1.165, 1.54) is 6.07 Å². The van der Waals surface area contributed by atoms with Gasteiger partial charge in [0.05, 0.1) is 22.8 Å². The Labute approximate surface area is 129 Å². The maximum Gasteiger partial charge on any atom is 0.255 e. The van der Waals surface area contributed by atoms with Gasteiger partial charge in [-0.15, -0.1) is 0 Å². The Morgan fingerprint density at radius 3 is 2.45 bits per heavy atom. The molecule has 2 aromatic rings. The molecule has 7 heteroatoms. The van der Waals surface area contributed by atoms with Gasteiger partial charge in [-0.1, -0.05) is 11.6 Å². The summed E-state index contributed by atoms with van der Waals surface area (Å²) in [7, 11) is 0. The van der Waals surface area contributed by atoms with Gasteiger partial charge >= 0.3 is 0 Å². The standard InChI is InChI=1S/C15H8ClF2N3O/c16-8-1-2-12-9(5-8)15(22)21-14(20-12)13-10(17)3-7(6-19)4-11(13)18/h1-5,14,20H,(H,21,22)/t14-/m0/s1. The van der Waals surface area contributed by atoms with Crippen molar-refractivity contribution in [3.05, 3.63) is 63.7 Å². The van der Waals surface area contributed by atoms with Crippen molar-refractivity contribution in [1.82, 2.24) is 5.32 Å². The van der Waals surface area contributed by atoms with Crippen molar-refractivity contribution < 1.29 is 13.6 Å². The molecule has 0 bridgehead atoms. The molecule has 1 aliphatic heterocycles. The topological polar surface area (TPSA) is 64.9 Å². The van der Waals surface area contributed by atoms with E-state index in [2.05, 4.69) is 10.6 Å². The van der Waals surface area contributed by atoms with Crippen molar-refractivity contribution in [2.24, 2.45) is 0 Å². The van der Waals surface area contributed by atoms with Gasteiger partial charge in [0.25, 0.3) is 5.91 Å². The Morgan fingerprint density at radius 2 is 1.82 bits per heavy atom. The Bertz CT molecular complexity index is 809. The molecule has 0 fully saturated rings. The molecule has 0 radical (unpaired) electrons. The molecule has 22 heavy (non-hydrogen) atoms. The smallest absolute Gasteiger partial charge is 0.255 e. The van der Waals surface area contributed by atoms with Gasteiger partial charge in [-0.05, 0) is 30.3 Å². The molecule has 1 aliphatic rings. The Morgan fingerprint density at radius 1 is 1.14 bits per heavy atom. The van der Waals surface area contributed by atoms with Crippen LogP contribution in [0.1, 0.15) is 27.7 Å². The number of fused-ring (bicyclic) bond motifs is 1. The number of halogens is 3. The summed E-state index contributed by atoms with van der Waals surface area (Å²) in [4.78, 5) is 12.1. The number of hydrogen-bond donors (Lipinski definition) is 2. The van der Waals surface area contributed by atoms with Crippen LogP contribution in [0.15, 0.2) is 30.3 Å². The Balaban J connectivity index is 2.04. The Kier molecular flexibility index (Phi) is 3.43. The number of hydrogen-bond acceptors (Lipinski definition) is 3. The number of anilines is 1. The number of carbonyl (C=O) groups is 1. The minimum Gasteiger partial charge on any atom is -0.361 e. The van der Waals surface area contributed by atoms with Crippen molar-refractivity contribution >= 4 is 23.2 Å². The van der Waals surface area contributed by atoms with Crippen LogP contribution < -0.4 is 10.6 Å². The van der Waals surface area contributed by atoms with Gasteiger partial charge < -0.3 is 10.6 Å². The van der Waals surface area contributed by atoms with Crippen LogP contribution >= 0.6 is 11.6 Å². The minimum absolute atomic E-state index is 0.131. The summed E-state index contributed by atoms with van der Waals surface area (Å²) in [5.74, 6) is -2.32. The van der Waals surface area contributed by atoms with Crippen LogP contribution in [0.2, 0.25) is 5.02 Å². The number of amides is 1. The first-order valence-electron chi connectivity index (χ1n) is 6.25. The predicted octanol–water partition coefficient (Wildman–Crippen LogP) is 3.34. The molecule has 3 rings (SSSR count). The zero-order chi connectivity index (χ0) is 15.9. The van der Waals surface area contributed by atoms with Gasteiger partial charge in [-0.3, -0.25) is 4.79 Å². The van der Waals surface area contributed by atoms with Gasteiger partial charge in [-0.25, -0.2) is 8.78 Å². The van der Waals surface area contributed by atoms with E-state index in [9.17, 15) is 13.6 Å². The average molecular weight is 320 g/mol. The van der Waals surface area contributed by atoms with Crippen molar-refractivity contribution in [1.29, 1.82) is 5.26 Å². The first-order valence-corrected chi connectivity index (χ1v) is 6.63. The summed E-state index contributed by atoms with van der Waals surface area (Å²) in [6, 6.07) is 8.09. The summed E-state index contributed by atoms with van der Waals surface area (Å²) < 4.78 is 28.1. The SMILES string of the molecule is N#Cc1cc(F)c([C@@H]2NC(=O)c3cc(Cl)ccc3N2)c(F)c1. The van der Waals surface area contributed by atoms with Crippen molar-refractivity contribution in [3.63, 3.8) is 0 Å². The molecular formula is C15H8ClF2N3O. The number of rotatable bonds is 1. The quantitative estimate of drug-likeness (QED) is 0.847. The van der Waals surface area contributed by atoms with Gasteiger partial charge in [0, 0.05) is 10.7 Å².